The van der Waals surface area contributed by atoms with Gasteiger partial charge in [-0.25, -0.2) is 4.79 Å². The number of rotatable bonds is 6. The van der Waals surface area contributed by atoms with Crippen molar-refractivity contribution in [3.05, 3.63) is 64.4 Å². The molecule has 0 aliphatic heterocycles. The van der Waals surface area contributed by atoms with Gasteiger partial charge in [-0.3, -0.25) is 4.79 Å². The third-order valence-corrected chi connectivity index (χ3v) is 4.49. The number of amides is 1. The average molecular weight is 415 g/mol. The lowest BCUT2D eigenvalue weighted by Crippen LogP contribution is -2.21. The Kier molecular flexibility index (Phi) is 6.19. The van der Waals surface area contributed by atoms with Gasteiger partial charge in [0, 0.05) is 5.56 Å². The summed E-state index contributed by atoms with van der Waals surface area (Å²) in [4.78, 5) is 24.9. The highest BCUT2D eigenvalue weighted by atomic mass is 35.5. The molecule has 0 bridgehead atoms. The number of benzene rings is 2. The molecule has 0 radical (unpaired) electrons. The summed E-state index contributed by atoms with van der Waals surface area (Å²) in [6.07, 6.45) is 0. The van der Waals surface area contributed by atoms with Gasteiger partial charge in [-0.15, -0.1) is 0 Å². The molecule has 0 fully saturated rings. The number of carbonyl (C=O) groups is 2. The molecule has 0 spiro atoms. The zero-order valence-corrected chi connectivity index (χ0v) is 16.9. The van der Waals surface area contributed by atoms with Gasteiger partial charge in [0.25, 0.3) is 5.91 Å². The van der Waals surface area contributed by atoms with Gasteiger partial charge in [-0.1, -0.05) is 41.0 Å². The Bertz CT molecular complexity index is 1060. The van der Waals surface area contributed by atoms with E-state index in [-0.39, 0.29) is 17.0 Å². The van der Waals surface area contributed by atoms with Gasteiger partial charge >= 0.3 is 5.97 Å². The molecule has 1 aromatic heterocycles. The third-order valence-electron chi connectivity index (χ3n) is 4.16. The van der Waals surface area contributed by atoms with Crippen LogP contribution in [0.25, 0.3) is 11.3 Å². The molecule has 2 aromatic carbocycles. The standard InChI is InChI=1S/C21H19ClN2O5/c1-12-8-9-17(27-3)16(10-12)23-18(25)11-28-21(26)19-13(2)29-24-20(19)14-6-4-5-7-15(14)22/h4-10H,11H2,1-3H3,(H,23,25). The van der Waals surface area contributed by atoms with Gasteiger partial charge < -0.3 is 19.3 Å². The highest BCUT2D eigenvalue weighted by molar-refractivity contribution is 6.33. The number of nitrogens with zero attached hydrogens (tertiary/aromatic N) is 1. The first-order valence-corrected chi connectivity index (χ1v) is 9.11. The molecule has 3 aromatic rings. The molecule has 0 atom stereocenters. The fourth-order valence-corrected chi connectivity index (χ4v) is 2.98. The molecule has 0 saturated carbocycles. The summed E-state index contributed by atoms with van der Waals surface area (Å²) in [5, 5.41) is 7.01. The lowest BCUT2D eigenvalue weighted by Gasteiger charge is -2.11. The lowest BCUT2D eigenvalue weighted by atomic mass is 10.1. The van der Waals surface area contributed by atoms with E-state index in [0.717, 1.165) is 5.56 Å². The van der Waals surface area contributed by atoms with Crippen molar-refractivity contribution in [3.63, 3.8) is 0 Å². The maximum atomic E-state index is 12.6. The Morgan fingerprint density at radius 2 is 1.93 bits per heavy atom. The smallest absolute Gasteiger partial charge is 0.344 e. The molecule has 7 nitrogen and oxygen atoms in total. The van der Waals surface area contributed by atoms with Crippen LogP contribution in [0.5, 0.6) is 5.75 Å². The summed E-state index contributed by atoms with van der Waals surface area (Å²) in [6, 6.07) is 12.3. The molecule has 29 heavy (non-hydrogen) atoms. The van der Waals surface area contributed by atoms with Crippen LogP contribution < -0.4 is 10.1 Å². The van der Waals surface area contributed by atoms with E-state index in [9.17, 15) is 9.59 Å². The molecule has 1 heterocycles. The van der Waals surface area contributed by atoms with Crippen LogP contribution in [0.3, 0.4) is 0 Å². The van der Waals surface area contributed by atoms with Gasteiger partial charge in [-0.05, 0) is 37.6 Å². The van der Waals surface area contributed by atoms with E-state index in [1.54, 1.807) is 43.3 Å². The SMILES string of the molecule is COc1ccc(C)cc1NC(=O)COC(=O)c1c(-c2ccccc2Cl)noc1C. The van der Waals surface area contributed by atoms with Crippen molar-refractivity contribution >= 4 is 29.2 Å². The number of aromatic nitrogens is 1. The van der Waals surface area contributed by atoms with E-state index in [1.165, 1.54) is 7.11 Å². The summed E-state index contributed by atoms with van der Waals surface area (Å²) >= 11 is 6.19. The summed E-state index contributed by atoms with van der Waals surface area (Å²) in [6.45, 7) is 2.99. The first-order valence-electron chi connectivity index (χ1n) is 8.73. The largest absolute Gasteiger partial charge is 0.495 e. The van der Waals surface area contributed by atoms with Crippen LogP contribution >= 0.6 is 11.6 Å². The molecule has 1 amide bonds. The first-order chi connectivity index (χ1) is 13.9. The molecular weight excluding hydrogens is 396 g/mol. The Balaban J connectivity index is 1.72. The van der Waals surface area contributed by atoms with Crippen molar-refractivity contribution in [2.75, 3.05) is 19.0 Å². The number of methoxy groups -OCH3 is 1. The van der Waals surface area contributed by atoms with Crippen LogP contribution in [0.15, 0.2) is 47.0 Å². The normalized spacial score (nSPS) is 10.5. The zero-order chi connectivity index (χ0) is 21.0. The maximum Gasteiger partial charge on any atom is 0.344 e. The number of carbonyl (C=O) groups excluding carboxylic acids is 2. The van der Waals surface area contributed by atoms with Crippen molar-refractivity contribution in [2.24, 2.45) is 0 Å². The Morgan fingerprint density at radius 3 is 2.66 bits per heavy atom. The summed E-state index contributed by atoms with van der Waals surface area (Å²) in [5.74, 6) is -0.461. The molecule has 3 rings (SSSR count). The number of hydrogen-bond acceptors (Lipinski definition) is 6. The predicted molar refractivity (Wildman–Crippen MR) is 108 cm³/mol. The molecule has 1 N–H and O–H groups in total. The van der Waals surface area contributed by atoms with Crippen molar-refractivity contribution in [1.29, 1.82) is 0 Å². The van der Waals surface area contributed by atoms with Crippen molar-refractivity contribution in [1.82, 2.24) is 5.16 Å². The minimum Gasteiger partial charge on any atom is -0.495 e. The van der Waals surface area contributed by atoms with E-state index in [2.05, 4.69) is 10.5 Å². The summed E-state index contributed by atoms with van der Waals surface area (Å²) in [7, 11) is 1.51. The maximum absolute atomic E-state index is 12.6. The topological polar surface area (TPSA) is 90.7 Å². The number of aryl methyl sites for hydroxylation is 2. The fourth-order valence-electron chi connectivity index (χ4n) is 2.76. The molecule has 0 saturated heterocycles. The highest BCUT2D eigenvalue weighted by Crippen LogP contribution is 2.31. The summed E-state index contributed by atoms with van der Waals surface area (Å²) in [5.41, 5.74) is 2.36. The monoisotopic (exact) mass is 414 g/mol. The number of esters is 1. The van der Waals surface area contributed by atoms with Crippen LogP contribution in [-0.2, 0) is 9.53 Å². The van der Waals surface area contributed by atoms with Gasteiger partial charge in [0.1, 0.15) is 22.8 Å². The van der Waals surface area contributed by atoms with Gasteiger partial charge in [0.15, 0.2) is 6.61 Å². The predicted octanol–water partition coefficient (Wildman–Crippen LogP) is 4.42. The van der Waals surface area contributed by atoms with Crippen molar-refractivity contribution < 1.29 is 23.6 Å². The van der Waals surface area contributed by atoms with E-state index in [0.29, 0.717) is 22.0 Å². The van der Waals surface area contributed by atoms with E-state index in [1.807, 2.05) is 13.0 Å². The molecule has 0 unspecified atom stereocenters. The lowest BCUT2D eigenvalue weighted by molar-refractivity contribution is -0.119. The fraction of sp³-hybridized carbons (Fsp3) is 0.190. The number of anilines is 1. The number of hydrogen-bond donors (Lipinski definition) is 1. The van der Waals surface area contributed by atoms with Gasteiger partial charge in [0.05, 0.1) is 17.8 Å². The number of nitrogens with one attached hydrogen (secondary N) is 1. The summed E-state index contributed by atoms with van der Waals surface area (Å²) < 4.78 is 15.5. The van der Waals surface area contributed by atoms with Crippen LogP contribution in [0.2, 0.25) is 5.02 Å². The Labute approximate surface area is 172 Å². The van der Waals surface area contributed by atoms with Gasteiger partial charge in [-0.2, -0.15) is 0 Å². The molecule has 150 valence electrons. The van der Waals surface area contributed by atoms with Crippen molar-refractivity contribution in [2.45, 2.75) is 13.8 Å². The van der Waals surface area contributed by atoms with E-state index >= 15 is 0 Å². The second-order valence-electron chi connectivity index (χ2n) is 6.27. The quantitative estimate of drug-likeness (QED) is 0.600. The third kappa shape index (κ3) is 4.57. The van der Waals surface area contributed by atoms with Crippen LogP contribution in [0.1, 0.15) is 21.7 Å². The van der Waals surface area contributed by atoms with Gasteiger partial charge in [0.2, 0.25) is 0 Å². The van der Waals surface area contributed by atoms with Crippen LogP contribution in [0, 0.1) is 13.8 Å². The van der Waals surface area contributed by atoms with Crippen LogP contribution in [0.4, 0.5) is 5.69 Å². The van der Waals surface area contributed by atoms with E-state index in [4.69, 9.17) is 25.6 Å². The minimum atomic E-state index is -0.731. The number of halogens is 1. The Morgan fingerprint density at radius 1 is 1.17 bits per heavy atom. The minimum absolute atomic E-state index is 0.124. The second kappa shape index (κ2) is 8.79. The van der Waals surface area contributed by atoms with Crippen LogP contribution in [-0.4, -0.2) is 30.7 Å². The average Bonchev–Trinajstić information content (AvgIpc) is 3.08. The van der Waals surface area contributed by atoms with E-state index < -0.39 is 18.5 Å². The number of ether oxygens (including phenoxy) is 2. The molecule has 0 aliphatic rings. The van der Waals surface area contributed by atoms with Crippen molar-refractivity contribution in [3.8, 4) is 17.0 Å². The first kappa shape index (κ1) is 20.4. The molecule has 8 heteroatoms. The molecular formula is C21H19ClN2O5. The second-order valence-corrected chi connectivity index (χ2v) is 6.68. The zero-order valence-electron chi connectivity index (χ0n) is 16.1. The Hall–Kier alpha value is -3.32. The highest BCUT2D eigenvalue weighted by Gasteiger charge is 2.25. The molecule has 0 aliphatic carbocycles.